The molecule has 3 N–H and O–H groups in total. The number of hydrogen-bond donors (Lipinski definition) is 3. The molecular formula is C18H19FN6O2. The maximum absolute atomic E-state index is 13.4. The van der Waals surface area contributed by atoms with Crippen LogP contribution in [0.2, 0.25) is 0 Å². The molecule has 8 nitrogen and oxygen atoms in total. The van der Waals surface area contributed by atoms with Gasteiger partial charge in [-0.25, -0.2) is 14.2 Å². The second-order valence-corrected chi connectivity index (χ2v) is 6.50. The number of aromatic amines is 1. The van der Waals surface area contributed by atoms with Gasteiger partial charge in [0.25, 0.3) is 0 Å². The normalized spacial score (nSPS) is 14.9. The highest BCUT2D eigenvalue weighted by Gasteiger charge is 2.28. The van der Waals surface area contributed by atoms with Gasteiger partial charge >= 0.3 is 6.03 Å². The number of nitrogens with one attached hydrogen (secondary N) is 3. The molecule has 1 atom stereocenters. The summed E-state index contributed by atoms with van der Waals surface area (Å²) < 4.78 is 18.5. The van der Waals surface area contributed by atoms with E-state index in [-0.39, 0.29) is 6.61 Å². The van der Waals surface area contributed by atoms with Crippen LogP contribution in [-0.4, -0.2) is 39.9 Å². The maximum Gasteiger partial charge on any atom is 0.321 e. The van der Waals surface area contributed by atoms with E-state index in [0.29, 0.717) is 17.4 Å². The number of carbonyl (C=O) groups is 1. The fourth-order valence-corrected chi connectivity index (χ4v) is 2.96. The highest BCUT2D eigenvalue weighted by atomic mass is 19.1. The average Bonchev–Trinajstić information content (AvgIpc) is 3.41. The van der Waals surface area contributed by atoms with Crippen LogP contribution in [0.3, 0.4) is 0 Å². The number of fused-ring (bicyclic) bond motifs is 1. The third kappa shape index (κ3) is 3.87. The first-order valence-electron chi connectivity index (χ1n) is 8.66. The first-order chi connectivity index (χ1) is 13.1. The standard InChI is InChI=1S/C18H19FN6O2/c1-27-9-15(14-6-11(19)4-5-20-14)22-18(26)23-16-7-13-12(8-21-16)17(25-24-13)10-2-3-10/h4-8,10,15H,2-3,9H2,1H3,(H,24,25)(H2,21,22,23,26)/t15-/m1/s1. The predicted molar refractivity (Wildman–Crippen MR) is 96.8 cm³/mol. The Labute approximate surface area is 154 Å². The number of pyridine rings is 2. The van der Waals surface area contributed by atoms with E-state index in [1.165, 1.54) is 25.4 Å². The number of rotatable bonds is 6. The molecule has 1 aliphatic rings. The predicted octanol–water partition coefficient (Wildman–Crippen LogP) is 2.88. The molecule has 3 aromatic rings. The van der Waals surface area contributed by atoms with Crippen molar-refractivity contribution in [1.29, 1.82) is 0 Å². The Morgan fingerprint density at radius 3 is 3.00 bits per heavy atom. The van der Waals surface area contributed by atoms with Crippen molar-refractivity contribution in [2.45, 2.75) is 24.8 Å². The zero-order chi connectivity index (χ0) is 18.8. The lowest BCUT2D eigenvalue weighted by Crippen LogP contribution is -2.35. The third-order valence-corrected chi connectivity index (χ3v) is 4.42. The monoisotopic (exact) mass is 370 g/mol. The van der Waals surface area contributed by atoms with Crippen molar-refractivity contribution in [3.05, 3.63) is 47.8 Å². The molecule has 0 unspecified atom stereocenters. The van der Waals surface area contributed by atoms with Crippen LogP contribution in [0.15, 0.2) is 30.6 Å². The molecule has 140 valence electrons. The van der Waals surface area contributed by atoms with Crippen molar-refractivity contribution >= 4 is 22.8 Å². The molecule has 27 heavy (non-hydrogen) atoms. The van der Waals surface area contributed by atoms with Gasteiger partial charge in [0.05, 0.1) is 29.6 Å². The van der Waals surface area contributed by atoms with Gasteiger partial charge in [-0.1, -0.05) is 0 Å². The summed E-state index contributed by atoms with van der Waals surface area (Å²) in [4.78, 5) is 20.7. The molecular weight excluding hydrogens is 351 g/mol. The second kappa shape index (κ2) is 7.28. The van der Waals surface area contributed by atoms with Crippen molar-refractivity contribution in [2.75, 3.05) is 19.0 Å². The van der Waals surface area contributed by atoms with Gasteiger partial charge in [-0.3, -0.25) is 15.4 Å². The molecule has 2 amide bonds. The van der Waals surface area contributed by atoms with Gasteiger partial charge in [-0.2, -0.15) is 5.10 Å². The summed E-state index contributed by atoms with van der Waals surface area (Å²) in [6.07, 6.45) is 5.36. The van der Waals surface area contributed by atoms with Gasteiger partial charge < -0.3 is 10.1 Å². The SMILES string of the molecule is COC[C@@H](NC(=O)Nc1cc2[nH]nc(C3CC3)c2cn1)c1cc(F)ccn1. The van der Waals surface area contributed by atoms with E-state index in [0.717, 1.165) is 29.4 Å². The fraction of sp³-hybridized carbons (Fsp3) is 0.333. The number of anilines is 1. The first-order valence-corrected chi connectivity index (χ1v) is 8.66. The molecule has 0 bridgehead atoms. The van der Waals surface area contributed by atoms with Crippen molar-refractivity contribution in [2.24, 2.45) is 0 Å². The van der Waals surface area contributed by atoms with E-state index in [4.69, 9.17) is 4.74 Å². The van der Waals surface area contributed by atoms with Crippen molar-refractivity contribution in [3.8, 4) is 0 Å². The summed E-state index contributed by atoms with van der Waals surface area (Å²) >= 11 is 0. The average molecular weight is 370 g/mol. The van der Waals surface area contributed by atoms with E-state index in [2.05, 4.69) is 30.8 Å². The Morgan fingerprint density at radius 2 is 2.26 bits per heavy atom. The Kier molecular flexibility index (Phi) is 4.68. The van der Waals surface area contributed by atoms with Crippen LogP contribution < -0.4 is 10.6 Å². The number of amides is 2. The number of ether oxygens (including phenoxy) is 1. The number of H-pyrrole nitrogens is 1. The van der Waals surface area contributed by atoms with Crippen LogP contribution in [0.5, 0.6) is 0 Å². The van der Waals surface area contributed by atoms with E-state index >= 15 is 0 Å². The number of urea groups is 1. The van der Waals surface area contributed by atoms with E-state index in [1.807, 2.05) is 0 Å². The zero-order valence-corrected chi connectivity index (χ0v) is 14.7. The van der Waals surface area contributed by atoms with Crippen LogP contribution in [0.25, 0.3) is 10.9 Å². The molecule has 1 aliphatic carbocycles. The molecule has 0 radical (unpaired) electrons. The van der Waals surface area contributed by atoms with Crippen LogP contribution in [0, 0.1) is 5.82 Å². The molecule has 1 saturated carbocycles. The van der Waals surface area contributed by atoms with Gasteiger partial charge in [0.1, 0.15) is 11.6 Å². The van der Waals surface area contributed by atoms with Gasteiger partial charge in [-0.05, 0) is 25.0 Å². The smallest absolute Gasteiger partial charge is 0.321 e. The topological polar surface area (TPSA) is 105 Å². The van der Waals surface area contributed by atoms with Crippen LogP contribution in [0.4, 0.5) is 15.0 Å². The van der Waals surface area contributed by atoms with Gasteiger partial charge in [-0.15, -0.1) is 0 Å². The number of nitrogens with zero attached hydrogens (tertiary/aromatic N) is 3. The maximum atomic E-state index is 13.4. The highest BCUT2D eigenvalue weighted by Crippen LogP contribution is 2.41. The molecule has 0 saturated heterocycles. The fourth-order valence-electron chi connectivity index (χ4n) is 2.96. The summed E-state index contributed by atoms with van der Waals surface area (Å²) in [5.74, 6) is 0.465. The molecule has 3 aromatic heterocycles. The molecule has 0 spiro atoms. The van der Waals surface area contributed by atoms with Gasteiger partial charge in [0.2, 0.25) is 0 Å². The minimum atomic E-state index is -0.594. The first kappa shape index (κ1) is 17.3. The van der Waals surface area contributed by atoms with Crippen molar-refractivity contribution < 1.29 is 13.9 Å². The van der Waals surface area contributed by atoms with Crippen LogP contribution in [-0.2, 0) is 4.74 Å². The van der Waals surface area contributed by atoms with Gasteiger partial charge in [0, 0.05) is 36.9 Å². The molecule has 0 aromatic carbocycles. The Balaban J connectivity index is 1.46. The Hall–Kier alpha value is -3.07. The summed E-state index contributed by atoms with van der Waals surface area (Å²) in [6.45, 7) is 0.154. The van der Waals surface area contributed by atoms with E-state index in [1.54, 1.807) is 12.3 Å². The van der Waals surface area contributed by atoms with E-state index in [9.17, 15) is 9.18 Å². The third-order valence-electron chi connectivity index (χ3n) is 4.42. The lowest BCUT2D eigenvalue weighted by Gasteiger charge is -2.17. The second-order valence-electron chi connectivity index (χ2n) is 6.50. The summed E-state index contributed by atoms with van der Waals surface area (Å²) in [5, 5.41) is 13.7. The highest BCUT2D eigenvalue weighted by molar-refractivity contribution is 5.91. The van der Waals surface area contributed by atoms with Gasteiger partial charge in [0.15, 0.2) is 0 Å². The number of aromatic nitrogens is 4. The lowest BCUT2D eigenvalue weighted by molar-refractivity contribution is 0.166. The number of hydrogen-bond acceptors (Lipinski definition) is 5. The van der Waals surface area contributed by atoms with Crippen molar-refractivity contribution in [1.82, 2.24) is 25.5 Å². The number of carbonyl (C=O) groups excluding carboxylic acids is 1. The molecule has 4 rings (SSSR count). The Bertz CT molecular complexity index is 971. The van der Waals surface area contributed by atoms with Crippen LogP contribution >= 0.6 is 0 Å². The lowest BCUT2D eigenvalue weighted by atomic mass is 10.2. The summed E-state index contributed by atoms with van der Waals surface area (Å²) in [7, 11) is 1.50. The zero-order valence-electron chi connectivity index (χ0n) is 14.7. The number of halogens is 1. The summed E-state index contributed by atoms with van der Waals surface area (Å²) in [5.41, 5.74) is 2.23. The molecule has 9 heteroatoms. The minimum absolute atomic E-state index is 0.154. The summed E-state index contributed by atoms with van der Waals surface area (Å²) in [6, 6.07) is 3.16. The molecule has 3 heterocycles. The molecule has 0 aliphatic heterocycles. The van der Waals surface area contributed by atoms with Crippen LogP contribution in [0.1, 0.15) is 36.2 Å². The minimum Gasteiger partial charge on any atom is -0.382 e. The Morgan fingerprint density at radius 1 is 1.41 bits per heavy atom. The van der Waals surface area contributed by atoms with E-state index < -0.39 is 17.9 Å². The number of methoxy groups -OCH3 is 1. The van der Waals surface area contributed by atoms with Crippen molar-refractivity contribution in [3.63, 3.8) is 0 Å². The largest absolute Gasteiger partial charge is 0.382 e. The quantitative estimate of drug-likeness (QED) is 0.619. The molecule has 1 fully saturated rings.